The molecule has 0 heterocycles. The van der Waals surface area contributed by atoms with Crippen molar-refractivity contribution in [2.24, 2.45) is 5.41 Å². The summed E-state index contributed by atoms with van der Waals surface area (Å²) in [6.07, 6.45) is 18.9. The van der Waals surface area contributed by atoms with Crippen LogP contribution in [0, 0.1) is 11.8 Å². The molecule has 3 aliphatic rings. The number of hydrogen-bond donors (Lipinski definition) is 0. The van der Waals surface area contributed by atoms with Crippen LogP contribution < -0.4 is 24.8 Å². The molecule has 0 bridgehead atoms. The average molecular weight is 502 g/mol. The zero-order chi connectivity index (χ0) is 17.4. The van der Waals surface area contributed by atoms with E-state index in [1.54, 1.807) is 11.1 Å². The van der Waals surface area contributed by atoms with Gasteiger partial charge in [0.25, 0.3) is 0 Å². The smallest absolute Gasteiger partial charge is 1.00 e. The van der Waals surface area contributed by atoms with Gasteiger partial charge >= 0.3 is 26.2 Å². The zero-order valence-corrected chi connectivity index (χ0v) is 20.7. The maximum absolute atomic E-state index is 2.59. The van der Waals surface area contributed by atoms with Crippen LogP contribution in [-0.4, -0.2) is 0 Å². The maximum Gasteiger partial charge on any atom is 3.00 e. The number of hydrogen-bond acceptors (Lipinski definition) is 0. The Balaban J connectivity index is 0.000001000. The number of unbranched alkanes of at least 4 members (excludes halogenated alkanes) is 2. The number of allylic oxidation sites excluding steroid dienone is 2. The Bertz CT molecular complexity index is 880. The SMILES string of the molecule is C1=CC(C2(C[CH-]CCCC3=Cc4ccccc4C3)CC2)c2ccccc21.[Cl-].[Cl-].[Zr+3]. The summed E-state index contributed by atoms with van der Waals surface area (Å²) in [6, 6.07) is 17.8. The summed E-state index contributed by atoms with van der Waals surface area (Å²) in [4.78, 5) is 0. The summed E-state index contributed by atoms with van der Waals surface area (Å²) in [5.74, 6) is 0.655. The monoisotopic (exact) mass is 499 g/mol. The van der Waals surface area contributed by atoms with Gasteiger partial charge in [0.1, 0.15) is 0 Å². The summed E-state index contributed by atoms with van der Waals surface area (Å²) in [7, 11) is 0. The minimum absolute atomic E-state index is 0. The molecular formula is C26H27Cl2Zr. The Morgan fingerprint density at radius 2 is 1.66 bits per heavy atom. The van der Waals surface area contributed by atoms with Crippen LogP contribution in [0.3, 0.4) is 0 Å². The predicted molar refractivity (Wildman–Crippen MR) is 111 cm³/mol. The normalized spacial score (nSPS) is 19.2. The van der Waals surface area contributed by atoms with E-state index in [-0.39, 0.29) is 51.0 Å². The van der Waals surface area contributed by atoms with Crippen LogP contribution in [0.5, 0.6) is 0 Å². The van der Waals surface area contributed by atoms with Crippen molar-refractivity contribution in [1.82, 2.24) is 0 Å². The van der Waals surface area contributed by atoms with E-state index in [4.69, 9.17) is 0 Å². The molecule has 5 rings (SSSR count). The van der Waals surface area contributed by atoms with Crippen molar-refractivity contribution in [3.63, 3.8) is 0 Å². The third-order valence-corrected chi connectivity index (χ3v) is 6.64. The van der Waals surface area contributed by atoms with E-state index >= 15 is 0 Å². The molecule has 0 spiro atoms. The molecule has 0 aromatic heterocycles. The van der Waals surface area contributed by atoms with E-state index in [2.05, 4.69) is 73.2 Å². The predicted octanol–water partition coefficient (Wildman–Crippen LogP) is 0.987. The molecule has 0 amide bonds. The van der Waals surface area contributed by atoms with Crippen molar-refractivity contribution in [1.29, 1.82) is 0 Å². The third kappa shape index (κ3) is 5.18. The Labute approximate surface area is 207 Å². The number of rotatable bonds is 7. The fraction of sp³-hybridized carbons (Fsp3) is 0.346. The van der Waals surface area contributed by atoms with Gasteiger partial charge < -0.3 is 31.2 Å². The molecule has 0 saturated heterocycles. The molecule has 149 valence electrons. The number of halogens is 2. The van der Waals surface area contributed by atoms with E-state index in [1.807, 2.05) is 0 Å². The van der Waals surface area contributed by atoms with Crippen LogP contribution in [0.15, 0.2) is 60.2 Å². The summed E-state index contributed by atoms with van der Waals surface area (Å²) in [6.45, 7) is 0. The molecule has 1 unspecified atom stereocenters. The van der Waals surface area contributed by atoms with E-state index < -0.39 is 0 Å². The summed E-state index contributed by atoms with van der Waals surface area (Å²) in [5.41, 5.74) is 8.11. The molecule has 3 heteroatoms. The van der Waals surface area contributed by atoms with Gasteiger partial charge in [-0.25, -0.2) is 0 Å². The molecule has 2 aromatic carbocycles. The number of fused-ring (bicyclic) bond motifs is 2. The quantitative estimate of drug-likeness (QED) is 0.392. The van der Waals surface area contributed by atoms with Gasteiger partial charge in [-0.15, -0.1) is 0 Å². The first-order valence-electron chi connectivity index (χ1n) is 10.2. The van der Waals surface area contributed by atoms with Gasteiger partial charge in [-0.3, -0.25) is 0 Å². The van der Waals surface area contributed by atoms with E-state index in [0.717, 1.165) is 0 Å². The van der Waals surface area contributed by atoms with Gasteiger partial charge in [0.2, 0.25) is 0 Å². The molecule has 3 aliphatic carbocycles. The Morgan fingerprint density at radius 1 is 0.931 bits per heavy atom. The zero-order valence-electron chi connectivity index (χ0n) is 16.7. The molecule has 1 radical (unpaired) electrons. The second-order valence-corrected chi connectivity index (χ2v) is 8.39. The van der Waals surface area contributed by atoms with Crippen molar-refractivity contribution in [2.45, 2.75) is 50.9 Å². The first-order valence-corrected chi connectivity index (χ1v) is 10.2. The standard InChI is InChI=1S/C26H27.2ClH.Zr/c1(2-8-20-18-22-10-3-4-11-23(22)19-20)7-15-26(16-17-26)25-14-13-21-9-5-6-12-24(21)25;;;/h3-7,9-14,18,25H,1-2,8,15-17,19H2;2*1H;/q-1;;;+3/p-2. The van der Waals surface area contributed by atoms with Gasteiger partial charge in [0.15, 0.2) is 0 Å². The maximum atomic E-state index is 2.59. The largest absolute Gasteiger partial charge is 3.00 e. The van der Waals surface area contributed by atoms with Crippen LogP contribution in [-0.2, 0) is 32.6 Å². The summed E-state index contributed by atoms with van der Waals surface area (Å²) < 4.78 is 0. The first kappa shape index (κ1) is 24.7. The van der Waals surface area contributed by atoms with E-state index in [0.29, 0.717) is 11.3 Å². The molecule has 1 saturated carbocycles. The first-order chi connectivity index (χ1) is 12.8. The Morgan fingerprint density at radius 3 is 2.41 bits per heavy atom. The number of benzene rings is 2. The van der Waals surface area contributed by atoms with E-state index in [1.165, 1.54) is 61.6 Å². The van der Waals surface area contributed by atoms with Crippen molar-refractivity contribution in [2.75, 3.05) is 0 Å². The van der Waals surface area contributed by atoms with Crippen molar-refractivity contribution in [3.8, 4) is 0 Å². The topological polar surface area (TPSA) is 0 Å². The van der Waals surface area contributed by atoms with Crippen LogP contribution in [0.1, 0.15) is 66.7 Å². The van der Waals surface area contributed by atoms with Crippen LogP contribution in [0.4, 0.5) is 0 Å². The second kappa shape index (κ2) is 10.6. The van der Waals surface area contributed by atoms with Gasteiger partial charge in [0.05, 0.1) is 0 Å². The fourth-order valence-electron chi connectivity index (χ4n) is 4.96. The van der Waals surface area contributed by atoms with Crippen LogP contribution >= 0.6 is 0 Å². The Kier molecular flexibility index (Phi) is 9.02. The van der Waals surface area contributed by atoms with Crippen LogP contribution in [0.2, 0.25) is 0 Å². The Hall–Kier alpha value is -0.617. The van der Waals surface area contributed by atoms with E-state index in [9.17, 15) is 0 Å². The molecule has 2 aromatic rings. The minimum Gasteiger partial charge on any atom is -1.00 e. The molecule has 29 heavy (non-hydrogen) atoms. The van der Waals surface area contributed by atoms with Gasteiger partial charge in [-0.1, -0.05) is 78.8 Å². The van der Waals surface area contributed by atoms with Gasteiger partial charge in [0, 0.05) is 5.92 Å². The third-order valence-electron chi connectivity index (χ3n) is 6.64. The molecule has 0 N–H and O–H groups in total. The van der Waals surface area contributed by atoms with Crippen molar-refractivity contribution < 1.29 is 51.0 Å². The summed E-state index contributed by atoms with van der Waals surface area (Å²) >= 11 is 0. The molecule has 0 nitrogen and oxygen atoms in total. The second-order valence-electron chi connectivity index (χ2n) is 8.39. The van der Waals surface area contributed by atoms with Gasteiger partial charge in [-0.05, 0) is 53.4 Å². The van der Waals surface area contributed by atoms with Crippen LogP contribution in [0.25, 0.3) is 12.2 Å². The molecular weight excluding hydrogens is 474 g/mol. The summed E-state index contributed by atoms with van der Waals surface area (Å²) in [5, 5.41) is 0. The van der Waals surface area contributed by atoms with Crippen molar-refractivity contribution in [3.05, 3.63) is 88.9 Å². The molecule has 1 fully saturated rings. The van der Waals surface area contributed by atoms with Gasteiger partial charge in [-0.2, -0.15) is 12.8 Å². The van der Waals surface area contributed by atoms with Crippen molar-refractivity contribution >= 4 is 12.2 Å². The molecule has 1 atom stereocenters. The molecule has 0 aliphatic heterocycles. The fourth-order valence-corrected chi connectivity index (χ4v) is 4.96. The average Bonchev–Trinajstić information content (AvgIpc) is 3.15. The minimum atomic E-state index is 0.